The number of nitrogens with one attached hydrogen (secondary N) is 2. The van der Waals surface area contributed by atoms with Gasteiger partial charge < -0.3 is 24.8 Å². The van der Waals surface area contributed by atoms with E-state index in [9.17, 15) is 4.79 Å². The molecule has 1 aromatic rings. The number of guanidine groups is 1. The van der Waals surface area contributed by atoms with Gasteiger partial charge in [0.15, 0.2) is 11.7 Å². The topological polar surface area (TPSA) is 92.0 Å². The summed E-state index contributed by atoms with van der Waals surface area (Å²) in [6, 6.07) is 1.93. The lowest BCUT2D eigenvalue weighted by atomic mass is 10.1. The molecule has 1 amide bonds. The van der Waals surface area contributed by atoms with Crippen LogP contribution < -0.4 is 10.6 Å². The van der Waals surface area contributed by atoms with E-state index in [1.54, 1.807) is 14.1 Å². The van der Waals surface area contributed by atoms with Crippen LogP contribution in [0.4, 0.5) is 4.79 Å². The van der Waals surface area contributed by atoms with Gasteiger partial charge in [0.25, 0.3) is 0 Å². The highest BCUT2D eigenvalue weighted by molar-refractivity contribution is 5.79. The summed E-state index contributed by atoms with van der Waals surface area (Å²) in [7, 11) is 3.39. The van der Waals surface area contributed by atoms with Crippen molar-refractivity contribution in [1.29, 1.82) is 0 Å². The van der Waals surface area contributed by atoms with Crippen molar-refractivity contribution in [3.8, 4) is 0 Å². The van der Waals surface area contributed by atoms with Gasteiger partial charge in [-0.15, -0.1) is 0 Å². The van der Waals surface area contributed by atoms with Gasteiger partial charge in [0.05, 0.1) is 12.2 Å². The summed E-state index contributed by atoms with van der Waals surface area (Å²) in [5, 5.41) is 10.3. The van der Waals surface area contributed by atoms with Gasteiger partial charge >= 0.3 is 6.09 Å². The second kappa shape index (κ2) is 9.29. The summed E-state index contributed by atoms with van der Waals surface area (Å²) in [6.07, 6.45) is -0.347. The Morgan fingerprint density at radius 1 is 1.40 bits per heavy atom. The van der Waals surface area contributed by atoms with E-state index >= 15 is 0 Å². The lowest BCUT2D eigenvalue weighted by Crippen LogP contribution is -2.42. The molecule has 8 heteroatoms. The molecule has 1 rings (SSSR count). The number of carbonyl (C=O) groups excluding carboxylic acids is 1. The third kappa shape index (κ3) is 7.91. The molecule has 0 spiro atoms. The average molecular weight is 353 g/mol. The maximum atomic E-state index is 11.9. The van der Waals surface area contributed by atoms with Crippen LogP contribution in [0.3, 0.4) is 0 Å². The lowest BCUT2D eigenvalue weighted by molar-refractivity contribution is 0.0302. The van der Waals surface area contributed by atoms with Gasteiger partial charge in [0, 0.05) is 33.3 Å². The number of ether oxygens (including phenoxy) is 1. The first-order valence-electron chi connectivity index (χ1n) is 8.46. The fraction of sp³-hybridized carbons (Fsp3) is 0.706. The molecule has 8 nitrogen and oxygen atoms in total. The van der Waals surface area contributed by atoms with Crippen LogP contribution in [0.25, 0.3) is 0 Å². The summed E-state index contributed by atoms with van der Waals surface area (Å²) in [4.78, 5) is 17.6. The first-order chi connectivity index (χ1) is 11.6. The summed E-state index contributed by atoms with van der Waals surface area (Å²) in [6.45, 7) is 11.2. The quantitative estimate of drug-likeness (QED) is 0.602. The zero-order valence-corrected chi connectivity index (χ0v) is 16.3. The lowest BCUT2D eigenvalue weighted by Gasteiger charge is -2.24. The predicted molar refractivity (Wildman–Crippen MR) is 97.7 cm³/mol. The number of aliphatic imine (C=N–C) groups is 1. The molecule has 0 atom stereocenters. The fourth-order valence-corrected chi connectivity index (χ4v) is 1.85. The maximum Gasteiger partial charge on any atom is 0.410 e. The van der Waals surface area contributed by atoms with E-state index in [-0.39, 0.29) is 6.09 Å². The van der Waals surface area contributed by atoms with Gasteiger partial charge in [0.1, 0.15) is 5.60 Å². The molecule has 25 heavy (non-hydrogen) atoms. The van der Waals surface area contributed by atoms with Crippen molar-refractivity contribution in [2.24, 2.45) is 4.99 Å². The third-order valence-electron chi connectivity index (χ3n) is 3.27. The van der Waals surface area contributed by atoms with E-state index in [4.69, 9.17) is 9.26 Å². The summed E-state index contributed by atoms with van der Waals surface area (Å²) >= 11 is 0. The molecule has 0 fully saturated rings. The number of hydrogen-bond donors (Lipinski definition) is 2. The Balaban J connectivity index is 2.35. The standard InChI is InChI=1S/C17H31N5O3/c1-12(2)14-10-13(25-21-14)11-20-15(18-6)19-8-9-22(7)16(23)24-17(3,4)5/h10,12H,8-9,11H2,1-7H3,(H2,18,19,20). The van der Waals surface area contributed by atoms with Gasteiger partial charge in [-0.05, 0) is 26.7 Å². The van der Waals surface area contributed by atoms with Crippen LogP contribution in [0.5, 0.6) is 0 Å². The molecule has 0 saturated carbocycles. The Hall–Kier alpha value is -2.25. The van der Waals surface area contributed by atoms with E-state index in [2.05, 4.69) is 34.6 Å². The summed E-state index contributed by atoms with van der Waals surface area (Å²) in [5.41, 5.74) is 0.432. The Morgan fingerprint density at radius 3 is 2.60 bits per heavy atom. The number of rotatable bonds is 6. The van der Waals surface area contributed by atoms with Crippen LogP contribution >= 0.6 is 0 Å². The molecule has 0 aliphatic carbocycles. The Bertz CT molecular complexity index is 575. The van der Waals surface area contributed by atoms with Crippen molar-refractivity contribution >= 4 is 12.1 Å². The summed E-state index contributed by atoms with van der Waals surface area (Å²) < 4.78 is 10.6. The molecule has 2 N–H and O–H groups in total. The second-order valence-electron chi connectivity index (χ2n) is 7.13. The minimum absolute atomic E-state index is 0.332. The zero-order valence-electron chi connectivity index (χ0n) is 16.3. The summed E-state index contributed by atoms with van der Waals surface area (Å²) in [5.74, 6) is 1.70. The zero-order chi connectivity index (χ0) is 19.0. The highest BCUT2D eigenvalue weighted by Gasteiger charge is 2.19. The van der Waals surface area contributed by atoms with Crippen molar-refractivity contribution in [2.75, 3.05) is 27.2 Å². The molecule has 1 heterocycles. The van der Waals surface area contributed by atoms with E-state index < -0.39 is 5.60 Å². The monoisotopic (exact) mass is 353 g/mol. The minimum Gasteiger partial charge on any atom is -0.444 e. The van der Waals surface area contributed by atoms with E-state index in [0.29, 0.717) is 31.5 Å². The molecule has 0 aromatic carbocycles. The number of carbonyl (C=O) groups is 1. The molecule has 0 bridgehead atoms. The second-order valence-corrected chi connectivity index (χ2v) is 7.13. The van der Waals surface area contributed by atoms with Crippen LogP contribution in [0.2, 0.25) is 0 Å². The number of hydrogen-bond acceptors (Lipinski definition) is 5. The van der Waals surface area contributed by atoms with Crippen LogP contribution in [0, 0.1) is 0 Å². The first kappa shape index (κ1) is 20.8. The highest BCUT2D eigenvalue weighted by atomic mass is 16.6. The molecule has 0 aliphatic heterocycles. The molecular weight excluding hydrogens is 322 g/mol. The normalized spacial score (nSPS) is 12.2. The van der Waals surface area contributed by atoms with Crippen molar-refractivity contribution in [3.05, 3.63) is 17.5 Å². The largest absolute Gasteiger partial charge is 0.444 e. The predicted octanol–water partition coefficient (Wildman–Crippen LogP) is 2.33. The molecule has 142 valence electrons. The number of nitrogens with zero attached hydrogens (tertiary/aromatic N) is 3. The van der Waals surface area contributed by atoms with Crippen LogP contribution in [0.15, 0.2) is 15.6 Å². The van der Waals surface area contributed by atoms with Gasteiger partial charge in [-0.25, -0.2) is 4.79 Å². The van der Waals surface area contributed by atoms with E-state index in [0.717, 1.165) is 11.5 Å². The Kier molecular flexibility index (Phi) is 7.73. The minimum atomic E-state index is -0.498. The molecule has 0 unspecified atom stereocenters. The van der Waals surface area contributed by atoms with E-state index in [1.807, 2.05) is 26.8 Å². The molecule has 1 aromatic heterocycles. The van der Waals surface area contributed by atoms with Gasteiger partial charge in [-0.1, -0.05) is 19.0 Å². The molecule has 0 radical (unpaired) electrons. The fourth-order valence-electron chi connectivity index (χ4n) is 1.85. The Labute approximate surface area is 150 Å². The molecule has 0 aliphatic rings. The number of likely N-dealkylation sites (N-methyl/N-ethyl adjacent to an activating group) is 1. The maximum absolute atomic E-state index is 11.9. The Morgan fingerprint density at radius 2 is 2.08 bits per heavy atom. The smallest absolute Gasteiger partial charge is 0.410 e. The number of amides is 1. The first-order valence-corrected chi connectivity index (χ1v) is 8.46. The molecular formula is C17H31N5O3. The third-order valence-corrected chi connectivity index (χ3v) is 3.27. The SMILES string of the molecule is CN=C(NCCN(C)C(=O)OC(C)(C)C)NCc1cc(C(C)C)no1. The van der Waals surface area contributed by atoms with Crippen molar-refractivity contribution in [3.63, 3.8) is 0 Å². The van der Waals surface area contributed by atoms with Crippen LogP contribution in [-0.4, -0.2) is 54.9 Å². The van der Waals surface area contributed by atoms with Gasteiger partial charge in [-0.2, -0.15) is 0 Å². The van der Waals surface area contributed by atoms with Crippen molar-refractivity contribution in [2.45, 2.75) is 52.7 Å². The van der Waals surface area contributed by atoms with E-state index in [1.165, 1.54) is 4.90 Å². The number of aromatic nitrogens is 1. The van der Waals surface area contributed by atoms with Crippen molar-refractivity contribution in [1.82, 2.24) is 20.7 Å². The highest BCUT2D eigenvalue weighted by Crippen LogP contribution is 2.13. The average Bonchev–Trinajstić information content (AvgIpc) is 2.97. The van der Waals surface area contributed by atoms with Crippen molar-refractivity contribution < 1.29 is 14.1 Å². The van der Waals surface area contributed by atoms with Crippen LogP contribution in [0.1, 0.15) is 52.0 Å². The van der Waals surface area contributed by atoms with Gasteiger partial charge in [-0.3, -0.25) is 4.99 Å². The van der Waals surface area contributed by atoms with Crippen LogP contribution in [-0.2, 0) is 11.3 Å². The molecule has 0 saturated heterocycles. The van der Waals surface area contributed by atoms with Gasteiger partial charge in [0.2, 0.25) is 0 Å².